The summed E-state index contributed by atoms with van der Waals surface area (Å²) in [4.78, 5) is 0. The van der Waals surface area contributed by atoms with Gasteiger partial charge < -0.3 is 10.1 Å². The summed E-state index contributed by atoms with van der Waals surface area (Å²) < 4.78 is 5.36. The van der Waals surface area contributed by atoms with Gasteiger partial charge in [-0.3, -0.25) is 0 Å². The molecular formula is C13H19NO. The Labute approximate surface area is 91.6 Å². The van der Waals surface area contributed by atoms with Crippen LogP contribution >= 0.6 is 0 Å². The fourth-order valence-corrected chi connectivity index (χ4v) is 2.06. The minimum absolute atomic E-state index is 0.414. The molecule has 0 bridgehead atoms. The highest BCUT2D eigenvalue weighted by molar-refractivity contribution is 5.24. The third-order valence-corrected chi connectivity index (χ3v) is 2.96. The van der Waals surface area contributed by atoms with E-state index in [2.05, 4.69) is 43.4 Å². The van der Waals surface area contributed by atoms with Gasteiger partial charge in [-0.1, -0.05) is 29.8 Å². The Hall–Kier alpha value is -0.860. The van der Waals surface area contributed by atoms with Gasteiger partial charge in [0.05, 0.1) is 6.61 Å². The van der Waals surface area contributed by atoms with Crippen molar-refractivity contribution in [2.75, 3.05) is 13.2 Å². The third kappa shape index (κ3) is 2.80. The summed E-state index contributed by atoms with van der Waals surface area (Å²) in [5, 5.41) is 3.60. The summed E-state index contributed by atoms with van der Waals surface area (Å²) in [6, 6.07) is 9.62. The first kappa shape index (κ1) is 10.7. The van der Waals surface area contributed by atoms with Gasteiger partial charge in [-0.05, 0) is 25.8 Å². The molecule has 1 aromatic rings. The van der Waals surface area contributed by atoms with Gasteiger partial charge in [-0.15, -0.1) is 0 Å². The van der Waals surface area contributed by atoms with Crippen LogP contribution in [0.3, 0.4) is 0 Å². The van der Waals surface area contributed by atoms with E-state index in [0.717, 1.165) is 19.6 Å². The summed E-state index contributed by atoms with van der Waals surface area (Å²) in [5.41, 5.74) is 2.69. The molecule has 0 radical (unpaired) electrons. The molecule has 1 N–H and O–H groups in total. The lowest BCUT2D eigenvalue weighted by Crippen LogP contribution is -2.31. The van der Waals surface area contributed by atoms with E-state index in [4.69, 9.17) is 4.74 Å². The van der Waals surface area contributed by atoms with E-state index in [9.17, 15) is 0 Å². The van der Waals surface area contributed by atoms with Gasteiger partial charge in [-0.25, -0.2) is 0 Å². The molecule has 1 heterocycles. The van der Waals surface area contributed by atoms with Crippen LogP contribution in [0.25, 0.3) is 0 Å². The second kappa shape index (κ2) is 4.77. The van der Waals surface area contributed by atoms with E-state index in [0.29, 0.717) is 12.1 Å². The zero-order valence-corrected chi connectivity index (χ0v) is 9.49. The first-order chi connectivity index (χ1) is 7.25. The molecule has 82 valence electrons. The van der Waals surface area contributed by atoms with Crippen LogP contribution in [0.4, 0.5) is 0 Å². The fourth-order valence-electron chi connectivity index (χ4n) is 2.06. The third-order valence-electron chi connectivity index (χ3n) is 2.96. The van der Waals surface area contributed by atoms with Crippen molar-refractivity contribution in [3.05, 3.63) is 35.4 Å². The second-order valence-corrected chi connectivity index (χ2v) is 4.36. The molecule has 1 aliphatic rings. The number of rotatable bonds is 3. The summed E-state index contributed by atoms with van der Waals surface area (Å²) in [7, 11) is 0. The molecule has 2 atom stereocenters. The molecule has 0 aliphatic carbocycles. The second-order valence-electron chi connectivity index (χ2n) is 4.36. The molecule has 2 nitrogen and oxygen atoms in total. The average Bonchev–Trinajstić information content (AvgIpc) is 2.70. The highest BCUT2D eigenvalue weighted by Crippen LogP contribution is 2.16. The first-order valence-electron chi connectivity index (χ1n) is 5.66. The summed E-state index contributed by atoms with van der Waals surface area (Å²) >= 11 is 0. The van der Waals surface area contributed by atoms with E-state index in [-0.39, 0.29) is 0 Å². The Morgan fingerprint density at radius 2 is 2.33 bits per heavy atom. The van der Waals surface area contributed by atoms with Gasteiger partial charge in [-0.2, -0.15) is 0 Å². The molecule has 0 saturated carbocycles. The van der Waals surface area contributed by atoms with Gasteiger partial charge in [0.25, 0.3) is 0 Å². The highest BCUT2D eigenvalue weighted by atomic mass is 16.5. The number of ether oxygens (including phenoxy) is 1. The molecule has 2 rings (SSSR count). The molecular weight excluding hydrogens is 186 g/mol. The van der Waals surface area contributed by atoms with Gasteiger partial charge >= 0.3 is 0 Å². The van der Waals surface area contributed by atoms with Crippen molar-refractivity contribution in [2.24, 2.45) is 0 Å². The lowest BCUT2D eigenvalue weighted by Gasteiger charge is -2.18. The zero-order chi connectivity index (χ0) is 10.7. The Morgan fingerprint density at radius 1 is 1.47 bits per heavy atom. The van der Waals surface area contributed by atoms with E-state index < -0.39 is 0 Å². The molecule has 0 spiro atoms. The van der Waals surface area contributed by atoms with Gasteiger partial charge in [0.2, 0.25) is 0 Å². The monoisotopic (exact) mass is 205 g/mol. The highest BCUT2D eigenvalue weighted by Gasteiger charge is 2.17. The molecule has 1 saturated heterocycles. The predicted molar refractivity (Wildman–Crippen MR) is 62.0 cm³/mol. The molecule has 15 heavy (non-hydrogen) atoms. The van der Waals surface area contributed by atoms with Crippen LogP contribution in [0.1, 0.15) is 30.5 Å². The summed E-state index contributed by atoms with van der Waals surface area (Å²) in [5.74, 6) is 0. The van der Waals surface area contributed by atoms with Crippen LogP contribution in [-0.4, -0.2) is 19.3 Å². The fraction of sp³-hybridized carbons (Fsp3) is 0.538. The maximum atomic E-state index is 5.36. The molecule has 0 aromatic heterocycles. The molecule has 0 amide bonds. The zero-order valence-electron chi connectivity index (χ0n) is 9.49. The molecule has 1 fully saturated rings. The van der Waals surface area contributed by atoms with E-state index >= 15 is 0 Å². The lowest BCUT2D eigenvalue weighted by atomic mass is 10.0. The van der Waals surface area contributed by atoms with Crippen molar-refractivity contribution in [1.82, 2.24) is 5.32 Å². The molecule has 1 aliphatic heterocycles. The number of hydrogen-bond donors (Lipinski definition) is 1. The number of nitrogens with one attached hydrogen (secondary N) is 1. The summed E-state index contributed by atoms with van der Waals surface area (Å²) in [6.45, 7) is 6.11. The SMILES string of the molecule is Cc1cccc(C(C)NC2CCOC2)c1. The summed E-state index contributed by atoms with van der Waals surface area (Å²) in [6.07, 6.45) is 1.14. The minimum atomic E-state index is 0.414. The molecule has 2 unspecified atom stereocenters. The standard InChI is InChI=1S/C13H19NO/c1-10-4-3-5-12(8-10)11(2)14-13-6-7-15-9-13/h3-5,8,11,13-14H,6-7,9H2,1-2H3. The van der Waals surface area contributed by atoms with Crippen molar-refractivity contribution in [1.29, 1.82) is 0 Å². The van der Waals surface area contributed by atoms with E-state index in [1.54, 1.807) is 0 Å². The predicted octanol–water partition coefficient (Wildman–Crippen LogP) is 2.43. The van der Waals surface area contributed by atoms with Crippen LogP contribution in [0, 0.1) is 6.92 Å². The van der Waals surface area contributed by atoms with Crippen LogP contribution in [0.2, 0.25) is 0 Å². The Balaban J connectivity index is 1.97. The first-order valence-corrected chi connectivity index (χ1v) is 5.66. The van der Waals surface area contributed by atoms with Crippen LogP contribution in [0.5, 0.6) is 0 Å². The molecule has 1 aromatic carbocycles. The van der Waals surface area contributed by atoms with Gasteiger partial charge in [0, 0.05) is 18.7 Å². The normalized spacial score (nSPS) is 22.9. The van der Waals surface area contributed by atoms with Crippen LogP contribution in [0.15, 0.2) is 24.3 Å². The van der Waals surface area contributed by atoms with E-state index in [1.807, 2.05) is 0 Å². The van der Waals surface area contributed by atoms with Crippen LogP contribution < -0.4 is 5.32 Å². The van der Waals surface area contributed by atoms with E-state index in [1.165, 1.54) is 11.1 Å². The quantitative estimate of drug-likeness (QED) is 0.818. The Morgan fingerprint density at radius 3 is 3.00 bits per heavy atom. The van der Waals surface area contributed by atoms with Crippen molar-refractivity contribution >= 4 is 0 Å². The largest absolute Gasteiger partial charge is 0.380 e. The van der Waals surface area contributed by atoms with Crippen LogP contribution in [-0.2, 0) is 4.74 Å². The topological polar surface area (TPSA) is 21.3 Å². The van der Waals surface area contributed by atoms with Crippen molar-refractivity contribution in [2.45, 2.75) is 32.4 Å². The van der Waals surface area contributed by atoms with Crippen molar-refractivity contribution in [3.8, 4) is 0 Å². The number of benzene rings is 1. The number of aryl methyl sites for hydroxylation is 1. The lowest BCUT2D eigenvalue weighted by molar-refractivity contribution is 0.188. The van der Waals surface area contributed by atoms with Crippen molar-refractivity contribution in [3.63, 3.8) is 0 Å². The smallest absolute Gasteiger partial charge is 0.0620 e. The Kier molecular flexibility index (Phi) is 3.39. The molecule has 2 heteroatoms. The van der Waals surface area contributed by atoms with Gasteiger partial charge in [0.1, 0.15) is 0 Å². The maximum Gasteiger partial charge on any atom is 0.0620 e. The van der Waals surface area contributed by atoms with Crippen molar-refractivity contribution < 1.29 is 4.74 Å². The Bertz CT molecular complexity index is 318. The average molecular weight is 205 g/mol. The minimum Gasteiger partial charge on any atom is -0.380 e. The number of hydrogen-bond acceptors (Lipinski definition) is 2. The maximum absolute atomic E-state index is 5.36. The van der Waals surface area contributed by atoms with Gasteiger partial charge in [0.15, 0.2) is 0 Å².